The summed E-state index contributed by atoms with van der Waals surface area (Å²) in [5, 5.41) is 5.66. The van der Waals surface area contributed by atoms with Gasteiger partial charge in [0.05, 0.1) is 17.8 Å². The molecule has 0 aromatic carbocycles. The number of amides is 1. The molecule has 3 aromatic heterocycles. The number of thiazole rings is 1. The Balaban J connectivity index is 1.64. The second-order valence-electron chi connectivity index (χ2n) is 6.32. The molecular formula is C19H20N6OS. The first-order valence-electron chi connectivity index (χ1n) is 9.00. The molecule has 1 N–H and O–H groups in total. The lowest BCUT2D eigenvalue weighted by molar-refractivity contribution is 0.0951. The van der Waals surface area contributed by atoms with Crippen molar-refractivity contribution in [3.8, 4) is 11.3 Å². The molecular weight excluding hydrogens is 360 g/mol. The fraction of sp³-hybridized carbons (Fsp3) is 0.316. The summed E-state index contributed by atoms with van der Waals surface area (Å²) < 4.78 is 0. The third-order valence-corrected chi connectivity index (χ3v) is 5.28. The summed E-state index contributed by atoms with van der Waals surface area (Å²) >= 11 is 1.51. The topological polar surface area (TPSA) is 83.9 Å². The summed E-state index contributed by atoms with van der Waals surface area (Å²) in [7, 11) is 0. The molecule has 1 aliphatic heterocycles. The summed E-state index contributed by atoms with van der Waals surface area (Å²) in [5.74, 6) is 0.472. The van der Waals surface area contributed by atoms with Crippen LogP contribution in [-0.2, 0) is 6.54 Å². The van der Waals surface area contributed by atoms with E-state index in [-0.39, 0.29) is 5.91 Å². The predicted octanol–water partition coefficient (Wildman–Crippen LogP) is 2.92. The Morgan fingerprint density at radius 1 is 1.11 bits per heavy atom. The Morgan fingerprint density at radius 3 is 2.67 bits per heavy atom. The minimum Gasteiger partial charge on any atom is -0.345 e. The van der Waals surface area contributed by atoms with E-state index >= 15 is 0 Å². The van der Waals surface area contributed by atoms with E-state index in [2.05, 4.69) is 25.2 Å². The summed E-state index contributed by atoms with van der Waals surface area (Å²) in [6.07, 6.45) is 10.3. The third-order valence-electron chi connectivity index (χ3n) is 4.50. The quantitative estimate of drug-likeness (QED) is 0.733. The van der Waals surface area contributed by atoms with Crippen LogP contribution in [0.15, 0.2) is 42.3 Å². The first-order chi connectivity index (χ1) is 13.3. The van der Waals surface area contributed by atoms with Crippen LogP contribution in [0.2, 0.25) is 0 Å². The second-order valence-corrected chi connectivity index (χ2v) is 7.30. The zero-order valence-electron chi connectivity index (χ0n) is 14.8. The van der Waals surface area contributed by atoms with Crippen molar-refractivity contribution in [2.24, 2.45) is 0 Å². The summed E-state index contributed by atoms with van der Waals surface area (Å²) in [6.45, 7) is 2.29. The first-order valence-corrected chi connectivity index (χ1v) is 9.88. The molecule has 138 valence electrons. The van der Waals surface area contributed by atoms with Crippen LogP contribution < -0.4 is 10.2 Å². The number of piperidine rings is 1. The maximum atomic E-state index is 12.8. The van der Waals surface area contributed by atoms with E-state index in [0.29, 0.717) is 23.8 Å². The fourth-order valence-corrected chi connectivity index (χ4v) is 3.66. The zero-order chi connectivity index (χ0) is 18.5. The average Bonchev–Trinajstić information content (AvgIpc) is 3.26. The highest BCUT2D eigenvalue weighted by molar-refractivity contribution is 7.09. The molecule has 8 heteroatoms. The number of carbonyl (C=O) groups is 1. The van der Waals surface area contributed by atoms with Gasteiger partial charge in [-0.1, -0.05) is 0 Å². The average molecular weight is 380 g/mol. The molecule has 7 nitrogen and oxygen atoms in total. The highest BCUT2D eigenvalue weighted by atomic mass is 32.1. The molecule has 4 rings (SSSR count). The lowest BCUT2D eigenvalue weighted by atomic mass is 10.1. The van der Waals surface area contributed by atoms with Gasteiger partial charge in [0.1, 0.15) is 5.01 Å². The van der Waals surface area contributed by atoms with Crippen molar-refractivity contribution in [3.63, 3.8) is 0 Å². The molecule has 0 radical (unpaired) electrons. The van der Waals surface area contributed by atoms with Gasteiger partial charge in [-0.05, 0) is 31.4 Å². The molecule has 0 saturated carbocycles. The van der Waals surface area contributed by atoms with Crippen LogP contribution in [0.25, 0.3) is 11.3 Å². The van der Waals surface area contributed by atoms with E-state index in [1.807, 2.05) is 17.5 Å². The second kappa shape index (κ2) is 8.22. The molecule has 27 heavy (non-hydrogen) atoms. The van der Waals surface area contributed by atoms with Gasteiger partial charge in [0.2, 0.25) is 5.95 Å². The van der Waals surface area contributed by atoms with Gasteiger partial charge < -0.3 is 10.2 Å². The molecule has 1 fully saturated rings. The van der Waals surface area contributed by atoms with E-state index in [1.54, 1.807) is 24.8 Å². The number of nitrogens with zero attached hydrogens (tertiary/aromatic N) is 5. The summed E-state index contributed by atoms with van der Waals surface area (Å²) in [5.41, 5.74) is 1.94. The van der Waals surface area contributed by atoms with Crippen molar-refractivity contribution in [2.75, 3.05) is 18.0 Å². The van der Waals surface area contributed by atoms with E-state index in [9.17, 15) is 4.79 Å². The minimum atomic E-state index is -0.206. The molecule has 3 aromatic rings. The van der Waals surface area contributed by atoms with Crippen LogP contribution >= 0.6 is 11.3 Å². The van der Waals surface area contributed by atoms with Gasteiger partial charge in [0, 0.05) is 48.8 Å². The van der Waals surface area contributed by atoms with Crippen molar-refractivity contribution in [1.29, 1.82) is 0 Å². The maximum Gasteiger partial charge on any atom is 0.255 e. The number of nitrogens with one attached hydrogen (secondary N) is 1. The van der Waals surface area contributed by atoms with Crippen molar-refractivity contribution in [3.05, 3.63) is 52.9 Å². The Bertz CT molecular complexity index is 894. The SMILES string of the molecule is O=C(NCc1nccs1)c1cnc(N2CCCCC2)nc1-c1ccncc1. The van der Waals surface area contributed by atoms with Gasteiger partial charge in [-0.15, -0.1) is 11.3 Å². The van der Waals surface area contributed by atoms with Gasteiger partial charge in [-0.2, -0.15) is 0 Å². The van der Waals surface area contributed by atoms with Gasteiger partial charge in [0.25, 0.3) is 5.91 Å². The summed E-state index contributed by atoms with van der Waals surface area (Å²) in [6, 6.07) is 3.72. The molecule has 0 atom stereocenters. The van der Waals surface area contributed by atoms with E-state index < -0.39 is 0 Å². The molecule has 1 amide bonds. The smallest absolute Gasteiger partial charge is 0.255 e. The standard InChI is InChI=1S/C19H20N6OS/c26-18(22-13-16-21-8-11-27-16)15-12-23-19(25-9-2-1-3-10-25)24-17(15)14-4-6-20-7-5-14/h4-8,11-12H,1-3,9-10,13H2,(H,22,26). The maximum absolute atomic E-state index is 12.8. The number of rotatable bonds is 5. The molecule has 0 unspecified atom stereocenters. The molecule has 0 spiro atoms. The van der Waals surface area contributed by atoms with Crippen LogP contribution in [0.3, 0.4) is 0 Å². The van der Waals surface area contributed by atoms with Gasteiger partial charge in [-0.25, -0.2) is 15.0 Å². The Labute approximate surface area is 161 Å². The van der Waals surface area contributed by atoms with Crippen LogP contribution in [-0.4, -0.2) is 38.9 Å². The van der Waals surface area contributed by atoms with Crippen LogP contribution in [0, 0.1) is 0 Å². The monoisotopic (exact) mass is 380 g/mol. The Kier molecular flexibility index (Phi) is 5.34. The summed E-state index contributed by atoms with van der Waals surface area (Å²) in [4.78, 5) is 32.5. The van der Waals surface area contributed by atoms with Crippen molar-refractivity contribution in [1.82, 2.24) is 25.3 Å². The molecule has 1 saturated heterocycles. The lowest BCUT2D eigenvalue weighted by Gasteiger charge is -2.27. The zero-order valence-corrected chi connectivity index (χ0v) is 15.7. The minimum absolute atomic E-state index is 0.206. The normalized spacial score (nSPS) is 14.1. The molecule has 1 aliphatic rings. The predicted molar refractivity (Wildman–Crippen MR) is 105 cm³/mol. The number of hydrogen-bond acceptors (Lipinski definition) is 7. The Hall–Kier alpha value is -2.87. The highest BCUT2D eigenvalue weighted by Gasteiger charge is 2.20. The van der Waals surface area contributed by atoms with Gasteiger partial charge in [-0.3, -0.25) is 9.78 Å². The van der Waals surface area contributed by atoms with Crippen LogP contribution in [0.1, 0.15) is 34.6 Å². The van der Waals surface area contributed by atoms with Crippen molar-refractivity contribution in [2.45, 2.75) is 25.8 Å². The first kappa shape index (κ1) is 17.5. The molecule has 4 heterocycles. The molecule has 0 bridgehead atoms. The fourth-order valence-electron chi connectivity index (χ4n) is 3.11. The third kappa shape index (κ3) is 4.11. The largest absolute Gasteiger partial charge is 0.345 e. The van der Waals surface area contributed by atoms with Crippen LogP contribution in [0.5, 0.6) is 0 Å². The van der Waals surface area contributed by atoms with Crippen molar-refractivity contribution < 1.29 is 4.79 Å². The highest BCUT2D eigenvalue weighted by Crippen LogP contribution is 2.24. The lowest BCUT2D eigenvalue weighted by Crippen LogP contribution is -2.31. The number of pyridine rings is 1. The number of carbonyl (C=O) groups excluding carboxylic acids is 1. The van der Waals surface area contributed by atoms with E-state index in [0.717, 1.165) is 36.5 Å². The number of hydrogen-bond donors (Lipinski definition) is 1. The number of aromatic nitrogens is 4. The van der Waals surface area contributed by atoms with Gasteiger partial charge in [0.15, 0.2) is 0 Å². The van der Waals surface area contributed by atoms with Crippen molar-refractivity contribution >= 4 is 23.2 Å². The van der Waals surface area contributed by atoms with Crippen LogP contribution in [0.4, 0.5) is 5.95 Å². The van der Waals surface area contributed by atoms with Gasteiger partial charge >= 0.3 is 0 Å². The number of anilines is 1. The van der Waals surface area contributed by atoms with E-state index in [1.165, 1.54) is 17.8 Å². The molecule has 0 aliphatic carbocycles. The van der Waals surface area contributed by atoms with E-state index in [4.69, 9.17) is 4.98 Å². The Morgan fingerprint density at radius 2 is 1.93 bits per heavy atom.